The van der Waals surface area contributed by atoms with E-state index in [4.69, 9.17) is 11.2 Å². The number of benzene rings is 1. The van der Waals surface area contributed by atoms with Crippen molar-refractivity contribution in [2.45, 2.75) is 45.9 Å². The third-order valence-corrected chi connectivity index (χ3v) is 3.66. The molecule has 0 aliphatic rings. The van der Waals surface area contributed by atoms with Crippen LogP contribution in [-0.4, -0.2) is 41.9 Å². The van der Waals surface area contributed by atoms with Crippen LogP contribution in [-0.2, 0) is 11.3 Å². The molecule has 3 nitrogen and oxygen atoms in total. The number of aliphatic hydroxyl groups is 1. The van der Waals surface area contributed by atoms with Crippen molar-refractivity contribution in [3.8, 4) is 12.3 Å². The highest BCUT2D eigenvalue weighted by atomic mass is 16.5. The van der Waals surface area contributed by atoms with E-state index in [0.717, 1.165) is 13.0 Å². The lowest BCUT2D eigenvalue weighted by molar-refractivity contribution is 0.0170. The van der Waals surface area contributed by atoms with Crippen LogP contribution in [0.15, 0.2) is 24.3 Å². The molecule has 0 amide bonds. The summed E-state index contributed by atoms with van der Waals surface area (Å²) in [6.45, 7) is 8.39. The van der Waals surface area contributed by atoms with Gasteiger partial charge in [0.15, 0.2) is 0 Å². The molecule has 2 atom stereocenters. The van der Waals surface area contributed by atoms with Gasteiger partial charge >= 0.3 is 0 Å². The topological polar surface area (TPSA) is 32.7 Å². The molecule has 0 radical (unpaired) electrons. The van der Waals surface area contributed by atoms with Crippen molar-refractivity contribution in [1.29, 1.82) is 0 Å². The summed E-state index contributed by atoms with van der Waals surface area (Å²) in [4.78, 5) is 2.29. The van der Waals surface area contributed by atoms with E-state index >= 15 is 0 Å². The van der Waals surface area contributed by atoms with Crippen molar-refractivity contribution >= 4 is 0 Å². The van der Waals surface area contributed by atoms with Crippen LogP contribution in [0.25, 0.3) is 0 Å². The maximum atomic E-state index is 10.1. The van der Waals surface area contributed by atoms with E-state index < -0.39 is 6.10 Å². The predicted octanol–water partition coefficient (Wildman–Crippen LogP) is 2.61. The Hall–Kier alpha value is -1.34. The smallest absolute Gasteiger partial charge is 0.107 e. The normalized spacial score (nSPS) is 13.9. The van der Waals surface area contributed by atoms with Gasteiger partial charge in [-0.25, -0.2) is 0 Å². The Morgan fingerprint density at radius 1 is 1.33 bits per heavy atom. The van der Waals surface area contributed by atoms with Crippen LogP contribution in [0.3, 0.4) is 0 Å². The van der Waals surface area contributed by atoms with Gasteiger partial charge < -0.3 is 9.84 Å². The Morgan fingerprint density at radius 2 is 2.00 bits per heavy atom. The first-order valence-corrected chi connectivity index (χ1v) is 7.55. The van der Waals surface area contributed by atoms with E-state index in [1.807, 2.05) is 0 Å². The summed E-state index contributed by atoms with van der Waals surface area (Å²) in [6.07, 6.45) is 5.66. The zero-order valence-corrected chi connectivity index (χ0v) is 13.4. The zero-order chi connectivity index (χ0) is 15.7. The summed E-state index contributed by atoms with van der Waals surface area (Å²) >= 11 is 0. The summed E-state index contributed by atoms with van der Waals surface area (Å²) in [5, 5.41) is 10.1. The summed E-state index contributed by atoms with van der Waals surface area (Å²) < 4.78 is 5.21. The van der Waals surface area contributed by atoms with E-state index in [0.29, 0.717) is 12.6 Å². The fraction of sp³-hybridized carbons (Fsp3) is 0.556. The first-order valence-electron chi connectivity index (χ1n) is 7.55. The largest absolute Gasteiger partial charge is 0.389 e. The van der Waals surface area contributed by atoms with Crippen molar-refractivity contribution in [2.75, 3.05) is 19.8 Å². The minimum absolute atomic E-state index is 0.248. The summed E-state index contributed by atoms with van der Waals surface area (Å²) in [6, 6.07) is 8.94. The Kier molecular flexibility index (Phi) is 8.07. The quantitative estimate of drug-likeness (QED) is 0.560. The Balaban J connectivity index is 2.59. The predicted molar refractivity (Wildman–Crippen MR) is 87.0 cm³/mol. The van der Waals surface area contributed by atoms with Crippen molar-refractivity contribution < 1.29 is 9.84 Å². The molecular weight excluding hydrogens is 262 g/mol. The molecule has 3 heteroatoms. The van der Waals surface area contributed by atoms with Gasteiger partial charge in [-0.3, -0.25) is 4.90 Å². The van der Waals surface area contributed by atoms with Crippen LogP contribution in [0, 0.1) is 19.3 Å². The van der Waals surface area contributed by atoms with Gasteiger partial charge in [-0.2, -0.15) is 0 Å². The van der Waals surface area contributed by atoms with Crippen LogP contribution in [0.5, 0.6) is 0 Å². The lowest BCUT2D eigenvalue weighted by Crippen LogP contribution is -2.39. The highest BCUT2D eigenvalue weighted by Crippen LogP contribution is 2.12. The number of aliphatic hydroxyl groups excluding tert-OH is 1. The minimum Gasteiger partial charge on any atom is -0.389 e. The maximum Gasteiger partial charge on any atom is 0.107 e. The maximum absolute atomic E-state index is 10.1. The number of rotatable bonds is 9. The first kappa shape index (κ1) is 17.7. The molecule has 1 rings (SSSR count). The second kappa shape index (κ2) is 9.57. The molecule has 0 fully saturated rings. The molecule has 0 saturated heterocycles. The lowest BCUT2D eigenvalue weighted by atomic mass is 10.1. The minimum atomic E-state index is -0.516. The average Bonchev–Trinajstić information content (AvgIpc) is 2.48. The van der Waals surface area contributed by atoms with E-state index in [1.54, 1.807) is 0 Å². The van der Waals surface area contributed by atoms with Crippen LogP contribution in [0.2, 0.25) is 0 Å². The van der Waals surface area contributed by atoms with Crippen LogP contribution < -0.4 is 0 Å². The second-order valence-electron chi connectivity index (χ2n) is 5.55. The van der Waals surface area contributed by atoms with Gasteiger partial charge in [0, 0.05) is 19.1 Å². The second-order valence-corrected chi connectivity index (χ2v) is 5.55. The number of ether oxygens (including phenoxy) is 1. The number of hydrogen-bond donors (Lipinski definition) is 1. The summed E-state index contributed by atoms with van der Waals surface area (Å²) in [7, 11) is 0. The third-order valence-electron chi connectivity index (χ3n) is 3.66. The van der Waals surface area contributed by atoms with Crippen LogP contribution in [0.4, 0.5) is 0 Å². The van der Waals surface area contributed by atoms with Crippen LogP contribution in [0.1, 0.15) is 31.4 Å². The highest BCUT2D eigenvalue weighted by Gasteiger charge is 2.17. The molecule has 0 heterocycles. The van der Waals surface area contributed by atoms with Gasteiger partial charge in [-0.15, -0.1) is 6.42 Å². The molecular formula is C18H27NO2. The fourth-order valence-corrected chi connectivity index (χ4v) is 2.16. The molecule has 0 aromatic heterocycles. The van der Waals surface area contributed by atoms with Gasteiger partial charge in [-0.1, -0.05) is 42.7 Å². The number of terminal acetylenes is 1. The van der Waals surface area contributed by atoms with E-state index in [1.165, 1.54) is 11.1 Å². The van der Waals surface area contributed by atoms with Crippen LogP contribution >= 0.6 is 0 Å². The molecule has 0 saturated carbocycles. The Labute approximate surface area is 128 Å². The lowest BCUT2D eigenvalue weighted by Gasteiger charge is -2.30. The van der Waals surface area contributed by atoms with Gasteiger partial charge in [-0.05, 0) is 25.8 Å². The molecule has 116 valence electrons. The zero-order valence-electron chi connectivity index (χ0n) is 13.4. The molecule has 1 N–H and O–H groups in total. The molecule has 1 aromatic rings. The number of aryl methyl sites for hydroxylation is 1. The van der Waals surface area contributed by atoms with E-state index in [-0.39, 0.29) is 13.2 Å². The van der Waals surface area contributed by atoms with Gasteiger partial charge in [0.1, 0.15) is 6.61 Å². The standard InChI is InChI=1S/C18H27NO2/c1-5-11-21-14-18(20)13-19(16(4)6-2)12-17-9-7-15(3)8-10-17/h1,7-10,16,18,20H,6,11-14H2,2-4H3/t16-,18+/m1/s1. The van der Waals surface area contributed by atoms with Crippen molar-refractivity contribution in [2.24, 2.45) is 0 Å². The van der Waals surface area contributed by atoms with Gasteiger partial charge in [0.25, 0.3) is 0 Å². The summed E-state index contributed by atoms with van der Waals surface area (Å²) in [5.41, 5.74) is 2.52. The molecule has 0 unspecified atom stereocenters. The molecule has 0 aliphatic heterocycles. The first-order chi connectivity index (χ1) is 10.1. The number of nitrogens with zero attached hydrogens (tertiary/aromatic N) is 1. The third kappa shape index (κ3) is 6.77. The van der Waals surface area contributed by atoms with Crippen molar-refractivity contribution in [1.82, 2.24) is 4.90 Å². The molecule has 1 aromatic carbocycles. The number of hydrogen-bond acceptors (Lipinski definition) is 3. The highest BCUT2D eigenvalue weighted by molar-refractivity contribution is 5.21. The molecule has 0 bridgehead atoms. The summed E-state index contributed by atoms with van der Waals surface area (Å²) in [5.74, 6) is 2.41. The monoisotopic (exact) mass is 289 g/mol. The molecule has 0 spiro atoms. The average molecular weight is 289 g/mol. The van der Waals surface area contributed by atoms with Gasteiger partial charge in [0.05, 0.1) is 12.7 Å². The van der Waals surface area contributed by atoms with Crippen molar-refractivity contribution in [3.05, 3.63) is 35.4 Å². The SMILES string of the molecule is C#CCOC[C@@H](O)CN(Cc1ccc(C)cc1)[C@H](C)CC. The Bertz CT molecular complexity index is 436. The fourth-order valence-electron chi connectivity index (χ4n) is 2.16. The Morgan fingerprint density at radius 3 is 2.57 bits per heavy atom. The molecule has 21 heavy (non-hydrogen) atoms. The van der Waals surface area contributed by atoms with E-state index in [9.17, 15) is 5.11 Å². The van der Waals surface area contributed by atoms with E-state index in [2.05, 4.69) is 55.9 Å². The van der Waals surface area contributed by atoms with Crippen molar-refractivity contribution in [3.63, 3.8) is 0 Å². The van der Waals surface area contributed by atoms with Gasteiger partial charge in [0.2, 0.25) is 0 Å². The molecule has 0 aliphatic carbocycles.